The van der Waals surface area contributed by atoms with Crippen LogP contribution in [0.3, 0.4) is 0 Å². The summed E-state index contributed by atoms with van der Waals surface area (Å²) in [6.45, 7) is 7.99. The smallest absolute Gasteiger partial charge is 0.354 e. The van der Waals surface area contributed by atoms with Crippen molar-refractivity contribution in [2.45, 2.75) is 27.7 Å². The third-order valence-corrected chi connectivity index (χ3v) is 27.8. The fourth-order valence-corrected chi connectivity index (χ4v) is 33.5. The zero-order valence-electron chi connectivity index (χ0n) is 22.2. The first-order chi connectivity index (χ1) is 19.0. The number of hydrogen-bond acceptors (Lipinski definition) is 8. The molecule has 0 saturated heterocycles. The van der Waals surface area contributed by atoms with E-state index in [-0.39, 0.29) is 0 Å². The van der Waals surface area contributed by atoms with Crippen LogP contribution in [0.4, 0.5) is 0 Å². The number of aryl methyl sites for hydroxylation is 4. The Labute approximate surface area is 260 Å². The van der Waals surface area contributed by atoms with E-state index in [0.29, 0.717) is 23.0 Å². The molecule has 4 aromatic carbocycles. The summed E-state index contributed by atoms with van der Waals surface area (Å²) in [6, 6.07) is 30.8. The first-order valence-corrected chi connectivity index (χ1v) is 23.7. The van der Waals surface area contributed by atoms with Crippen molar-refractivity contribution < 1.29 is 18.1 Å². The number of hydrogen-bond donors (Lipinski definition) is 0. The summed E-state index contributed by atoms with van der Waals surface area (Å²) >= 11 is 21.7. The molecule has 12 heteroatoms. The molecule has 4 nitrogen and oxygen atoms in total. The van der Waals surface area contributed by atoms with Crippen LogP contribution in [0.2, 0.25) is 0 Å². The minimum Gasteiger partial charge on any atom is -0.428 e. The van der Waals surface area contributed by atoms with Gasteiger partial charge in [0.15, 0.2) is 0 Å². The zero-order chi connectivity index (χ0) is 28.8. The van der Waals surface area contributed by atoms with Crippen molar-refractivity contribution in [1.29, 1.82) is 0 Å². The van der Waals surface area contributed by atoms with Gasteiger partial charge in [-0.3, -0.25) is 0 Å². The highest BCUT2D eigenvalue weighted by Crippen LogP contribution is 2.87. The molecule has 0 spiro atoms. The van der Waals surface area contributed by atoms with Gasteiger partial charge in [-0.1, -0.05) is 59.8 Å². The third kappa shape index (κ3) is 9.96. The summed E-state index contributed by atoms with van der Waals surface area (Å²) in [4.78, 5) is 0. The third-order valence-electron chi connectivity index (χ3n) is 5.16. The van der Waals surface area contributed by atoms with Crippen molar-refractivity contribution in [2.75, 3.05) is 0 Å². The molecule has 0 bridgehead atoms. The summed E-state index contributed by atoms with van der Waals surface area (Å²) in [7, 11) is 0. The molecule has 0 atom stereocenters. The Balaban J connectivity index is 1.61. The van der Waals surface area contributed by atoms with Gasteiger partial charge >= 0.3 is 11.4 Å². The topological polar surface area (TPSA) is 36.9 Å². The monoisotopic (exact) mass is 684 g/mol. The van der Waals surface area contributed by atoms with Crippen LogP contribution in [-0.2, 0) is 23.6 Å². The molecular weight excluding hydrogens is 657 g/mol. The summed E-state index contributed by atoms with van der Waals surface area (Å²) in [5, 5.41) is 0. The van der Waals surface area contributed by atoms with E-state index in [2.05, 4.69) is 0 Å². The molecule has 0 aliphatic rings. The van der Waals surface area contributed by atoms with Crippen LogP contribution >= 0.6 is 50.3 Å². The zero-order valence-corrected chi connectivity index (χ0v) is 28.9. The van der Waals surface area contributed by atoms with E-state index in [1.807, 2.05) is 125 Å². The first kappa shape index (κ1) is 31.7. The van der Waals surface area contributed by atoms with Gasteiger partial charge < -0.3 is 18.1 Å². The highest BCUT2D eigenvalue weighted by Gasteiger charge is 2.36. The highest BCUT2D eigenvalue weighted by molar-refractivity contribution is 9.19. The van der Waals surface area contributed by atoms with E-state index in [1.54, 1.807) is 0 Å². The molecule has 210 valence electrons. The summed E-state index contributed by atoms with van der Waals surface area (Å²) in [6.07, 6.45) is 0. The maximum absolute atomic E-state index is 7.03. The molecule has 4 aromatic rings. The Kier molecular flexibility index (Phi) is 11.4. The molecular formula is C28H28ClO4P3S4. The van der Waals surface area contributed by atoms with E-state index in [1.165, 1.54) is 22.0 Å². The van der Waals surface area contributed by atoms with Crippen LogP contribution < -0.4 is 18.1 Å². The lowest BCUT2D eigenvalue weighted by atomic mass is 10.2. The summed E-state index contributed by atoms with van der Waals surface area (Å²) < 4.78 is 25.4. The molecule has 0 N–H and O–H groups in total. The van der Waals surface area contributed by atoms with Gasteiger partial charge in [0.2, 0.25) is 0 Å². The predicted molar refractivity (Wildman–Crippen MR) is 184 cm³/mol. The lowest BCUT2D eigenvalue weighted by Crippen LogP contribution is -1.98. The van der Waals surface area contributed by atoms with Gasteiger partial charge in [0, 0.05) is 45.6 Å². The Hall–Kier alpha value is -1.20. The van der Waals surface area contributed by atoms with E-state index in [4.69, 9.17) is 52.9 Å². The van der Waals surface area contributed by atoms with E-state index in [9.17, 15) is 0 Å². The largest absolute Gasteiger partial charge is 0.428 e. The van der Waals surface area contributed by atoms with E-state index >= 15 is 0 Å². The average molecular weight is 685 g/mol. The van der Waals surface area contributed by atoms with E-state index in [0.717, 1.165) is 22.3 Å². The average Bonchev–Trinajstić information content (AvgIpc) is 2.83. The molecule has 0 heterocycles. The molecule has 0 fully saturated rings. The van der Waals surface area contributed by atoms with Crippen molar-refractivity contribution in [2.24, 2.45) is 0 Å². The standard InChI is InChI=1S/C28H28ClO4P3S4/c1-21-9-5-13-25(17-21)30-35(37,31-26-14-6-10-22(2)18-26)39-34(29)40-36(38,32-27-15-7-11-23(3)19-27)33-28-16-8-12-24(4)20-28/h5-20H,1-4H3. The van der Waals surface area contributed by atoms with Crippen molar-refractivity contribution in [3.05, 3.63) is 119 Å². The van der Waals surface area contributed by atoms with Gasteiger partial charge in [-0.25, -0.2) is 0 Å². The molecule has 4 rings (SSSR count). The predicted octanol–water partition coefficient (Wildman–Crippen LogP) is 11.9. The minimum absolute atomic E-state index is 0.625. The normalized spacial score (nSPS) is 11.8. The summed E-state index contributed by atoms with van der Waals surface area (Å²) in [5.74, 6) is 2.50. The van der Waals surface area contributed by atoms with Gasteiger partial charge in [0.1, 0.15) is 28.7 Å². The maximum Gasteiger partial charge on any atom is 0.354 e. The Bertz CT molecular complexity index is 1350. The molecule has 0 aromatic heterocycles. The Morgan fingerprint density at radius 1 is 0.525 bits per heavy atom. The number of rotatable bonds is 12. The van der Waals surface area contributed by atoms with Gasteiger partial charge in [-0.05, 0) is 98.5 Å². The van der Waals surface area contributed by atoms with Crippen molar-refractivity contribution in [3.8, 4) is 23.0 Å². The lowest BCUT2D eigenvalue weighted by Gasteiger charge is -2.27. The van der Waals surface area contributed by atoms with Crippen molar-refractivity contribution in [3.63, 3.8) is 0 Å². The Morgan fingerprint density at radius 2 is 0.775 bits per heavy atom. The quantitative estimate of drug-likeness (QED) is 0.137. The van der Waals surface area contributed by atoms with Crippen LogP contribution in [0, 0.1) is 27.7 Å². The van der Waals surface area contributed by atoms with Gasteiger partial charge in [-0.15, -0.1) is 0 Å². The molecule has 0 saturated carbocycles. The number of halogens is 1. The van der Waals surface area contributed by atoms with Crippen LogP contribution in [0.25, 0.3) is 0 Å². The second kappa shape index (κ2) is 14.3. The van der Waals surface area contributed by atoms with Crippen LogP contribution in [-0.4, -0.2) is 0 Å². The SMILES string of the molecule is Cc1cccc(OP(=S)(Oc2cccc(C)c2)SP(Cl)SP(=S)(Oc2cccc(C)c2)Oc2cccc(C)c2)c1. The second-order valence-electron chi connectivity index (χ2n) is 8.90. The highest BCUT2D eigenvalue weighted by atomic mass is 35.7. The molecule has 0 aliphatic carbocycles. The van der Waals surface area contributed by atoms with Gasteiger partial charge in [0.25, 0.3) is 0 Å². The summed E-state index contributed by atoms with van der Waals surface area (Å²) in [5.41, 5.74) is -3.35. The molecule has 0 radical (unpaired) electrons. The lowest BCUT2D eigenvalue weighted by molar-refractivity contribution is 0.506. The van der Waals surface area contributed by atoms with Crippen LogP contribution in [0.15, 0.2) is 97.1 Å². The number of benzene rings is 4. The molecule has 0 unspecified atom stereocenters. The first-order valence-electron chi connectivity index (χ1n) is 12.1. The van der Waals surface area contributed by atoms with Crippen molar-refractivity contribution in [1.82, 2.24) is 0 Å². The minimum atomic E-state index is -3.04. The second-order valence-corrected chi connectivity index (χ2v) is 28.3. The Morgan fingerprint density at radius 3 is 1.00 bits per heavy atom. The molecule has 40 heavy (non-hydrogen) atoms. The fraction of sp³-hybridized carbons (Fsp3) is 0.143. The van der Waals surface area contributed by atoms with E-state index < -0.39 is 17.1 Å². The van der Waals surface area contributed by atoms with Crippen LogP contribution in [0.1, 0.15) is 22.3 Å². The maximum atomic E-state index is 7.03. The van der Waals surface area contributed by atoms with Gasteiger partial charge in [-0.2, -0.15) is 0 Å². The van der Waals surface area contributed by atoms with Crippen LogP contribution in [0.5, 0.6) is 23.0 Å². The fourth-order valence-electron chi connectivity index (χ4n) is 3.48. The molecule has 0 aliphatic heterocycles. The van der Waals surface area contributed by atoms with Crippen molar-refractivity contribution >= 4 is 73.9 Å². The molecule has 0 amide bonds. The van der Waals surface area contributed by atoms with Gasteiger partial charge in [0.05, 0.1) is 0 Å².